The van der Waals surface area contributed by atoms with Crippen LogP contribution in [0.4, 0.5) is 5.69 Å². The minimum Gasteiger partial charge on any atom is -0.280 e. The van der Waals surface area contributed by atoms with Gasteiger partial charge in [0.1, 0.15) is 4.90 Å². The second-order valence-corrected chi connectivity index (χ2v) is 6.98. The Balaban J connectivity index is 2.35. The van der Waals surface area contributed by atoms with Crippen molar-refractivity contribution in [2.24, 2.45) is 0 Å². The summed E-state index contributed by atoms with van der Waals surface area (Å²) in [5.74, 6) is 0. The van der Waals surface area contributed by atoms with Crippen LogP contribution in [0.15, 0.2) is 33.8 Å². The Morgan fingerprint density at radius 3 is 2.60 bits per heavy atom. The number of rotatable bonds is 4. The first-order valence-electron chi connectivity index (χ1n) is 6.16. The Hall–Kier alpha value is -1.34. The fourth-order valence-corrected chi connectivity index (χ4v) is 3.40. The first-order chi connectivity index (χ1) is 9.35. The molecule has 0 bridgehead atoms. The number of hydrogen-bond donors (Lipinski definition) is 1. The van der Waals surface area contributed by atoms with Gasteiger partial charge in [0.2, 0.25) is 0 Å². The molecule has 1 aromatic heterocycles. The van der Waals surface area contributed by atoms with E-state index >= 15 is 0 Å². The summed E-state index contributed by atoms with van der Waals surface area (Å²) in [5, 5.41) is 4.06. The smallest absolute Gasteiger partial charge is 0.265 e. The quantitative estimate of drug-likeness (QED) is 0.914. The van der Waals surface area contributed by atoms with Crippen LogP contribution in [0.1, 0.15) is 18.2 Å². The zero-order chi connectivity index (χ0) is 14.9. The fraction of sp³-hybridized carbons (Fsp3) is 0.308. The first-order valence-corrected chi connectivity index (χ1v) is 8.44. The van der Waals surface area contributed by atoms with E-state index in [4.69, 9.17) is 0 Å². The third-order valence-corrected chi connectivity index (χ3v) is 5.43. The molecule has 0 aliphatic rings. The van der Waals surface area contributed by atoms with E-state index in [0.717, 1.165) is 10.0 Å². The Kier molecular flexibility index (Phi) is 4.19. The Labute approximate surface area is 127 Å². The normalized spacial score (nSPS) is 11.6. The van der Waals surface area contributed by atoms with Crippen molar-refractivity contribution in [2.75, 3.05) is 4.72 Å². The van der Waals surface area contributed by atoms with Crippen LogP contribution < -0.4 is 4.72 Å². The third-order valence-electron chi connectivity index (χ3n) is 3.06. The highest BCUT2D eigenvalue weighted by molar-refractivity contribution is 9.10. The van der Waals surface area contributed by atoms with Gasteiger partial charge in [0, 0.05) is 16.7 Å². The summed E-state index contributed by atoms with van der Waals surface area (Å²) in [6.07, 6.45) is 1.38. The number of sulfonamides is 1. The molecular formula is C13H16BrN3O2S. The highest BCUT2D eigenvalue weighted by Crippen LogP contribution is 2.23. The molecule has 0 radical (unpaired) electrons. The number of benzene rings is 1. The molecule has 1 N–H and O–H groups in total. The predicted octanol–water partition coefficient (Wildman–Crippen LogP) is 3.08. The van der Waals surface area contributed by atoms with E-state index in [0.29, 0.717) is 17.9 Å². The monoisotopic (exact) mass is 357 g/mol. The molecule has 1 aromatic carbocycles. The van der Waals surface area contributed by atoms with Crippen molar-refractivity contribution in [3.05, 3.63) is 40.1 Å². The van der Waals surface area contributed by atoms with Gasteiger partial charge in [-0.2, -0.15) is 5.10 Å². The summed E-state index contributed by atoms with van der Waals surface area (Å²) in [6.45, 7) is 6.21. The average molecular weight is 358 g/mol. The fourth-order valence-electron chi connectivity index (χ4n) is 1.93. The van der Waals surface area contributed by atoms with Crippen molar-refractivity contribution in [3.63, 3.8) is 0 Å². The van der Waals surface area contributed by atoms with E-state index in [1.165, 1.54) is 6.20 Å². The molecule has 0 fully saturated rings. The Morgan fingerprint density at radius 2 is 2.05 bits per heavy atom. The standard InChI is InChI=1S/C13H16BrN3O2S/c1-4-17-10(3)13(8-15-17)20(18,19)16-11-5-6-12(14)9(2)7-11/h5-8,16H,4H2,1-3H3. The van der Waals surface area contributed by atoms with Crippen LogP contribution in [-0.2, 0) is 16.6 Å². The molecule has 2 aromatic rings. The van der Waals surface area contributed by atoms with Crippen molar-refractivity contribution in [2.45, 2.75) is 32.2 Å². The summed E-state index contributed by atoms with van der Waals surface area (Å²) in [7, 11) is -3.61. The highest BCUT2D eigenvalue weighted by atomic mass is 79.9. The van der Waals surface area contributed by atoms with Gasteiger partial charge in [0.25, 0.3) is 10.0 Å². The van der Waals surface area contributed by atoms with Crippen molar-refractivity contribution in [3.8, 4) is 0 Å². The number of hydrogen-bond acceptors (Lipinski definition) is 3. The molecule has 0 saturated heterocycles. The molecule has 0 saturated carbocycles. The summed E-state index contributed by atoms with van der Waals surface area (Å²) in [4.78, 5) is 0.208. The lowest BCUT2D eigenvalue weighted by Crippen LogP contribution is -2.14. The number of aryl methyl sites for hydroxylation is 2. The van der Waals surface area contributed by atoms with Gasteiger partial charge in [-0.25, -0.2) is 8.42 Å². The minimum atomic E-state index is -3.61. The second-order valence-electron chi connectivity index (χ2n) is 4.48. The molecule has 0 spiro atoms. The number of halogens is 1. The van der Waals surface area contributed by atoms with Crippen LogP contribution in [0.2, 0.25) is 0 Å². The van der Waals surface area contributed by atoms with Crippen LogP contribution in [0.5, 0.6) is 0 Å². The molecule has 0 atom stereocenters. The molecular weight excluding hydrogens is 342 g/mol. The van der Waals surface area contributed by atoms with E-state index in [-0.39, 0.29) is 4.90 Å². The van der Waals surface area contributed by atoms with Gasteiger partial charge in [-0.15, -0.1) is 0 Å². The van der Waals surface area contributed by atoms with Crippen molar-refractivity contribution in [1.82, 2.24) is 9.78 Å². The van der Waals surface area contributed by atoms with Gasteiger partial charge in [-0.3, -0.25) is 9.40 Å². The summed E-state index contributed by atoms with van der Waals surface area (Å²) < 4.78 is 29.9. The van der Waals surface area contributed by atoms with Gasteiger partial charge in [-0.05, 0) is 44.5 Å². The number of nitrogens with zero attached hydrogens (tertiary/aromatic N) is 2. The van der Waals surface area contributed by atoms with Gasteiger partial charge in [-0.1, -0.05) is 15.9 Å². The molecule has 0 amide bonds. The van der Waals surface area contributed by atoms with Crippen molar-refractivity contribution < 1.29 is 8.42 Å². The third kappa shape index (κ3) is 2.88. The average Bonchev–Trinajstić information content (AvgIpc) is 2.75. The lowest BCUT2D eigenvalue weighted by molar-refractivity contribution is 0.598. The lowest BCUT2D eigenvalue weighted by Gasteiger charge is -2.09. The minimum absolute atomic E-state index is 0.208. The molecule has 0 aliphatic carbocycles. The van der Waals surface area contributed by atoms with E-state index in [1.807, 2.05) is 19.9 Å². The number of anilines is 1. The lowest BCUT2D eigenvalue weighted by atomic mass is 10.2. The van der Waals surface area contributed by atoms with E-state index in [9.17, 15) is 8.42 Å². The second kappa shape index (κ2) is 5.57. The molecule has 5 nitrogen and oxygen atoms in total. The summed E-state index contributed by atoms with van der Waals surface area (Å²) >= 11 is 3.39. The van der Waals surface area contributed by atoms with E-state index in [1.54, 1.807) is 23.7 Å². The summed E-state index contributed by atoms with van der Waals surface area (Å²) in [6, 6.07) is 5.31. The zero-order valence-corrected chi connectivity index (χ0v) is 13.9. The first kappa shape index (κ1) is 15.1. The van der Waals surface area contributed by atoms with Crippen LogP contribution >= 0.6 is 15.9 Å². The maximum atomic E-state index is 12.4. The van der Waals surface area contributed by atoms with E-state index in [2.05, 4.69) is 25.8 Å². The molecule has 108 valence electrons. The van der Waals surface area contributed by atoms with Crippen LogP contribution in [0.3, 0.4) is 0 Å². The number of nitrogens with one attached hydrogen (secondary N) is 1. The Bertz CT molecular complexity index is 738. The van der Waals surface area contributed by atoms with E-state index < -0.39 is 10.0 Å². The SMILES string of the molecule is CCn1ncc(S(=O)(=O)Nc2ccc(Br)c(C)c2)c1C. The molecule has 20 heavy (non-hydrogen) atoms. The van der Waals surface area contributed by atoms with Crippen molar-refractivity contribution >= 4 is 31.6 Å². The largest absolute Gasteiger partial charge is 0.280 e. The molecule has 0 unspecified atom stereocenters. The molecule has 7 heteroatoms. The maximum absolute atomic E-state index is 12.4. The van der Waals surface area contributed by atoms with Gasteiger partial charge >= 0.3 is 0 Å². The summed E-state index contributed by atoms with van der Waals surface area (Å²) in [5.41, 5.74) is 2.13. The predicted molar refractivity (Wildman–Crippen MR) is 82.3 cm³/mol. The van der Waals surface area contributed by atoms with Crippen LogP contribution in [-0.4, -0.2) is 18.2 Å². The highest BCUT2D eigenvalue weighted by Gasteiger charge is 2.20. The molecule has 1 heterocycles. The van der Waals surface area contributed by atoms with Gasteiger partial charge in [0.15, 0.2) is 0 Å². The molecule has 0 aliphatic heterocycles. The van der Waals surface area contributed by atoms with Gasteiger partial charge < -0.3 is 0 Å². The van der Waals surface area contributed by atoms with Crippen LogP contribution in [0, 0.1) is 13.8 Å². The Morgan fingerprint density at radius 1 is 1.35 bits per heavy atom. The van der Waals surface area contributed by atoms with Gasteiger partial charge in [0.05, 0.1) is 11.9 Å². The van der Waals surface area contributed by atoms with Crippen LogP contribution in [0.25, 0.3) is 0 Å². The molecule has 2 rings (SSSR count). The maximum Gasteiger partial charge on any atom is 0.265 e. The topological polar surface area (TPSA) is 64.0 Å². The number of aromatic nitrogens is 2. The zero-order valence-electron chi connectivity index (χ0n) is 11.5. The van der Waals surface area contributed by atoms with Crippen molar-refractivity contribution in [1.29, 1.82) is 0 Å².